The molecule has 2 aromatic rings. The quantitative estimate of drug-likeness (QED) is 0.658. The van der Waals surface area contributed by atoms with Gasteiger partial charge in [-0.1, -0.05) is 32.0 Å². The Kier molecular flexibility index (Phi) is 6.59. The Hall–Kier alpha value is -2.51. The fourth-order valence-corrected chi connectivity index (χ4v) is 4.37. The molecule has 1 aromatic heterocycles. The van der Waals surface area contributed by atoms with E-state index in [1.807, 2.05) is 11.4 Å². The van der Waals surface area contributed by atoms with Gasteiger partial charge in [0.1, 0.15) is 0 Å². The first-order valence-electron chi connectivity index (χ1n) is 9.56. The van der Waals surface area contributed by atoms with Gasteiger partial charge in [-0.25, -0.2) is 0 Å². The fraction of sp³-hybridized carbons (Fsp3) is 0.381. The smallest absolute Gasteiger partial charge is 0.261 e. The second kappa shape index (κ2) is 9.12. The van der Waals surface area contributed by atoms with E-state index in [1.165, 1.54) is 4.88 Å². The maximum absolute atomic E-state index is 12.4. The average molecular weight is 400 g/mol. The van der Waals surface area contributed by atoms with Crippen LogP contribution in [0.2, 0.25) is 0 Å². The summed E-state index contributed by atoms with van der Waals surface area (Å²) in [4.78, 5) is 41.8. The van der Waals surface area contributed by atoms with Crippen LogP contribution in [0.1, 0.15) is 51.9 Å². The van der Waals surface area contributed by atoms with Crippen molar-refractivity contribution in [2.45, 2.75) is 26.3 Å². The summed E-state index contributed by atoms with van der Waals surface area (Å²) >= 11 is 1.68. The molecule has 148 valence electrons. The number of likely N-dealkylation sites (N-methyl/N-ethyl adjacent to an activating group) is 1. The third-order valence-corrected chi connectivity index (χ3v) is 6.03. The Morgan fingerprint density at radius 1 is 1.07 bits per heavy atom. The lowest BCUT2D eigenvalue weighted by Gasteiger charge is -2.29. The molecule has 0 saturated carbocycles. The number of thiophene rings is 1. The Bertz CT molecular complexity index is 811. The molecule has 1 atom stereocenters. The van der Waals surface area contributed by atoms with Crippen LogP contribution in [-0.2, 0) is 4.79 Å². The monoisotopic (exact) mass is 399 g/mol. The van der Waals surface area contributed by atoms with E-state index < -0.39 is 0 Å². The lowest BCUT2D eigenvalue weighted by atomic mass is 10.1. The van der Waals surface area contributed by atoms with Crippen LogP contribution in [0.4, 0.5) is 0 Å². The summed E-state index contributed by atoms with van der Waals surface area (Å²) in [6.07, 6.45) is 0.0981. The topological polar surface area (TPSA) is 69.7 Å². The minimum atomic E-state index is -0.326. The predicted molar refractivity (Wildman–Crippen MR) is 109 cm³/mol. The van der Waals surface area contributed by atoms with Crippen LogP contribution in [0.25, 0.3) is 0 Å². The van der Waals surface area contributed by atoms with E-state index in [1.54, 1.807) is 35.6 Å². The first-order chi connectivity index (χ1) is 13.6. The Balaban J connectivity index is 1.56. The van der Waals surface area contributed by atoms with Gasteiger partial charge in [0.2, 0.25) is 5.91 Å². The van der Waals surface area contributed by atoms with E-state index in [0.717, 1.165) is 18.0 Å². The molecule has 7 heteroatoms. The molecule has 1 aromatic carbocycles. The van der Waals surface area contributed by atoms with Crippen LogP contribution < -0.4 is 5.32 Å². The van der Waals surface area contributed by atoms with Gasteiger partial charge in [-0.2, -0.15) is 0 Å². The van der Waals surface area contributed by atoms with Crippen molar-refractivity contribution in [1.29, 1.82) is 0 Å². The molecule has 1 N–H and O–H groups in total. The van der Waals surface area contributed by atoms with Crippen LogP contribution in [0.15, 0.2) is 41.8 Å². The van der Waals surface area contributed by atoms with Crippen LogP contribution in [-0.4, -0.2) is 53.7 Å². The number of nitrogens with zero attached hydrogens (tertiary/aromatic N) is 2. The molecule has 0 aliphatic carbocycles. The number of amides is 3. The van der Waals surface area contributed by atoms with Gasteiger partial charge in [-0.15, -0.1) is 11.3 Å². The maximum atomic E-state index is 12.4. The van der Waals surface area contributed by atoms with Crippen molar-refractivity contribution in [2.75, 3.05) is 26.2 Å². The fourth-order valence-electron chi connectivity index (χ4n) is 3.51. The van der Waals surface area contributed by atoms with Gasteiger partial charge in [-0.05, 0) is 36.7 Å². The number of carbonyl (C=O) groups excluding carboxylic acids is 3. The summed E-state index contributed by atoms with van der Waals surface area (Å²) in [7, 11) is 0. The highest BCUT2D eigenvalue weighted by atomic mass is 32.1. The van der Waals surface area contributed by atoms with Crippen LogP contribution in [0, 0.1) is 0 Å². The largest absolute Gasteiger partial charge is 0.354 e. The third kappa shape index (κ3) is 4.15. The maximum Gasteiger partial charge on any atom is 0.261 e. The highest BCUT2D eigenvalue weighted by molar-refractivity contribution is 7.10. The number of hydrogen-bond acceptors (Lipinski definition) is 5. The molecule has 3 rings (SSSR count). The molecular weight excluding hydrogens is 374 g/mol. The van der Waals surface area contributed by atoms with Crippen molar-refractivity contribution in [3.8, 4) is 0 Å². The molecule has 28 heavy (non-hydrogen) atoms. The average Bonchev–Trinajstić information content (AvgIpc) is 3.32. The summed E-state index contributed by atoms with van der Waals surface area (Å²) < 4.78 is 0. The summed E-state index contributed by atoms with van der Waals surface area (Å²) in [6, 6.07) is 11.0. The highest BCUT2D eigenvalue weighted by Gasteiger charge is 2.35. The van der Waals surface area contributed by atoms with E-state index in [-0.39, 0.29) is 36.7 Å². The molecule has 2 heterocycles. The van der Waals surface area contributed by atoms with Crippen LogP contribution >= 0.6 is 11.3 Å². The zero-order valence-corrected chi connectivity index (χ0v) is 17.0. The number of hydrogen-bond donors (Lipinski definition) is 1. The van der Waals surface area contributed by atoms with Gasteiger partial charge < -0.3 is 5.32 Å². The van der Waals surface area contributed by atoms with Gasteiger partial charge in [0.25, 0.3) is 11.8 Å². The molecule has 1 unspecified atom stereocenters. The predicted octanol–water partition coefficient (Wildman–Crippen LogP) is 2.93. The molecule has 1 aliphatic rings. The van der Waals surface area contributed by atoms with Crippen molar-refractivity contribution < 1.29 is 14.4 Å². The van der Waals surface area contributed by atoms with Gasteiger partial charge >= 0.3 is 0 Å². The molecule has 0 fully saturated rings. The van der Waals surface area contributed by atoms with E-state index in [4.69, 9.17) is 0 Å². The highest BCUT2D eigenvalue weighted by Crippen LogP contribution is 2.25. The number of imide groups is 1. The number of nitrogens with one attached hydrogen (secondary N) is 1. The number of fused-ring (bicyclic) bond motifs is 1. The Labute approximate surface area is 169 Å². The molecular formula is C21H25N3O3S. The van der Waals surface area contributed by atoms with Gasteiger partial charge in [0.05, 0.1) is 17.2 Å². The van der Waals surface area contributed by atoms with E-state index in [2.05, 4.69) is 30.1 Å². The van der Waals surface area contributed by atoms with Crippen LogP contribution in [0.5, 0.6) is 0 Å². The summed E-state index contributed by atoms with van der Waals surface area (Å²) in [5.41, 5.74) is 0.819. The number of benzene rings is 1. The zero-order chi connectivity index (χ0) is 20.1. The standard InChI is InChI=1S/C21H25N3O3S/c1-3-23(4-2)17(18-10-7-13-28-18)14-22-19(25)11-12-24-20(26)15-8-5-6-9-16(15)21(24)27/h5-10,13,17H,3-4,11-12,14H2,1-2H3,(H,22,25). The SMILES string of the molecule is CCN(CC)C(CNC(=O)CCN1C(=O)c2ccccc2C1=O)c1cccs1. The summed E-state index contributed by atoms with van der Waals surface area (Å²) in [6.45, 7) is 6.59. The minimum Gasteiger partial charge on any atom is -0.354 e. The molecule has 3 amide bonds. The van der Waals surface area contributed by atoms with Gasteiger partial charge in [0.15, 0.2) is 0 Å². The lowest BCUT2D eigenvalue weighted by molar-refractivity contribution is -0.121. The molecule has 0 spiro atoms. The minimum absolute atomic E-state index is 0.0904. The van der Waals surface area contributed by atoms with Crippen molar-refractivity contribution in [3.05, 3.63) is 57.8 Å². The van der Waals surface area contributed by atoms with Gasteiger partial charge in [0, 0.05) is 24.4 Å². The third-order valence-electron chi connectivity index (χ3n) is 5.06. The molecule has 0 radical (unpaired) electrons. The van der Waals surface area contributed by atoms with E-state index >= 15 is 0 Å². The summed E-state index contributed by atoms with van der Waals surface area (Å²) in [5.74, 6) is -0.814. The first kappa shape index (κ1) is 20.2. The van der Waals surface area contributed by atoms with Crippen LogP contribution in [0.3, 0.4) is 0 Å². The lowest BCUT2D eigenvalue weighted by Crippen LogP contribution is -2.39. The van der Waals surface area contributed by atoms with E-state index in [0.29, 0.717) is 17.7 Å². The second-order valence-corrected chi connectivity index (χ2v) is 7.59. The number of carbonyl (C=O) groups is 3. The zero-order valence-electron chi connectivity index (χ0n) is 16.2. The Morgan fingerprint density at radius 2 is 1.71 bits per heavy atom. The molecule has 1 aliphatic heterocycles. The molecule has 6 nitrogen and oxygen atoms in total. The van der Waals surface area contributed by atoms with Crippen molar-refractivity contribution in [2.24, 2.45) is 0 Å². The first-order valence-corrected chi connectivity index (χ1v) is 10.4. The Morgan fingerprint density at radius 3 is 2.25 bits per heavy atom. The number of rotatable bonds is 9. The van der Waals surface area contributed by atoms with Crippen molar-refractivity contribution in [3.63, 3.8) is 0 Å². The second-order valence-electron chi connectivity index (χ2n) is 6.61. The molecule has 0 bridgehead atoms. The summed E-state index contributed by atoms with van der Waals surface area (Å²) in [5, 5.41) is 5.01. The molecule has 0 saturated heterocycles. The normalized spacial score (nSPS) is 14.5. The van der Waals surface area contributed by atoms with Gasteiger partial charge in [-0.3, -0.25) is 24.2 Å². The van der Waals surface area contributed by atoms with E-state index in [9.17, 15) is 14.4 Å². The van der Waals surface area contributed by atoms with Crippen molar-refractivity contribution >= 4 is 29.1 Å². The van der Waals surface area contributed by atoms with Crippen molar-refractivity contribution in [1.82, 2.24) is 15.1 Å².